The van der Waals surface area contributed by atoms with Gasteiger partial charge in [-0.05, 0) is 50.8 Å². The Balaban J connectivity index is 2.02. The number of hydrogen-bond donors (Lipinski definition) is 0. The molecular weight excluding hydrogens is 307 g/mol. The van der Waals surface area contributed by atoms with Gasteiger partial charge in [0.1, 0.15) is 5.82 Å². The molecule has 1 unspecified atom stereocenters. The molecule has 0 bridgehead atoms. The van der Waals surface area contributed by atoms with Gasteiger partial charge in [-0.15, -0.1) is 0 Å². The number of benzene rings is 1. The molecule has 1 fully saturated rings. The zero-order valence-electron chi connectivity index (χ0n) is 14.6. The zero-order valence-corrected chi connectivity index (χ0v) is 14.6. The van der Waals surface area contributed by atoms with Crippen molar-refractivity contribution in [2.45, 2.75) is 52.0 Å². The van der Waals surface area contributed by atoms with Crippen LogP contribution in [0.3, 0.4) is 0 Å². The van der Waals surface area contributed by atoms with Crippen molar-refractivity contribution in [1.29, 1.82) is 0 Å². The quantitative estimate of drug-likeness (QED) is 0.799. The minimum absolute atomic E-state index is 0.00919. The van der Waals surface area contributed by atoms with Crippen molar-refractivity contribution in [3.8, 4) is 0 Å². The highest BCUT2D eigenvalue weighted by Gasteiger charge is 2.23. The fraction of sp³-hybridized carbons (Fsp3) is 0.579. The number of carbonyl (C=O) groups is 2. The maximum absolute atomic E-state index is 13.4. The number of carbonyl (C=O) groups excluding carboxylic acids is 2. The van der Waals surface area contributed by atoms with Gasteiger partial charge in [-0.2, -0.15) is 0 Å². The molecule has 24 heavy (non-hydrogen) atoms. The summed E-state index contributed by atoms with van der Waals surface area (Å²) in [5, 5.41) is 0. The second-order valence-electron chi connectivity index (χ2n) is 6.46. The van der Waals surface area contributed by atoms with E-state index in [0.29, 0.717) is 18.5 Å². The molecule has 1 aliphatic heterocycles. The number of rotatable bonds is 6. The lowest BCUT2D eigenvalue weighted by Gasteiger charge is -2.31. The summed E-state index contributed by atoms with van der Waals surface area (Å²) in [6, 6.07) is 5.74. The van der Waals surface area contributed by atoms with Crippen molar-refractivity contribution in [2.24, 2.45) is 0 Å². The van der Waals surface area contributed by atoms with Gasteiger partial charge in [0.25, 0.3) is 5.91 Å². The third-order valence-electron chi connectivity index (χ3n) is 4.73. The van der Waals surface area contributed by atoms with Crippen LogP contribution in [0.25, 0.3) is 0 Å². The molecule has 0 aliphatic carbocycles. The Morgan fingerprint density at radius 2 is 1.96 bits per heavy atom. The molecule has 1 aliphatic rings. The van der Waals surface area contributed by atoms with E-state index in [2.05, 4.69) is 0 Å². The van der Waals surface area contributed by atoms with Gasteiger partial charge in [0.15, 0.2) is 0 Å². The summed E-state index contributed by atoms with van der Waals surface area (Å²) in [6.45, 7) is 5.98. The van der Waals surface area contributed by atoms with Crippen molar-refractivity contribution in [3.05, 3.63) is 35.6 Å². The van der Waals surface area contributed by atoms with Crippen molar-refractivity contribution in [2.75, 3.05) is 19.6 Å². The van der Waals surface area contributed by atoms with E-state index in [-0.39, 0.29) is 17.9 Å². The van der Waals surface area contributed by atoms with Gasteiger partial charge in [-0.1, -0.05) is 13.0 Å². The van der Waals surface area contributed by atoms with Crippen molar-refractivity contribution in [3.63, 3.8) is 0 Å². The third-order valence-corrected chi connectivity index (χ3v) is 4.73. The molecular formula is C19H27FN2O2. The summed E-state index contributed by atoms with van der Waals surface area (Å²) in [4.78, 5) is 28.7. The van der Waals surface area contributed by atoms with Crippen molar-refractivity contribution in [1.82, 2.24) is 9.80 Å². The average molecular weight is 334 g/mol. The van der Waals surface area contributed by atoms with E-state index in [0.717, 1.165) is 32.4 Å². The summed E-state index contributed by atoms with van der Waals surface area (Å²) in [6.07, 6.45) is 4.41. The van der Waals surface area contributed by atoms with Crippen LogP contribution in [0.15, 0.2) is 24.3 Å². The second kappa shape index (κ2) is 8.81. The van der Waals surface area contributed by atoms with Crippen LogP contribution in [-0.4, -0.2) is 47.3 Å². The highest BCUT2D eigenvalue weighted by molar-refractivity contribution is 5.94. The SMILES string of the molecule is CCC(C)N(CCC(=O)N1CCCCC1)C(=O)c1cccc(F)c1. The van der Waals surface area contributed by atoms with Crippen LogP contribution in [0.4, 0.5) is 4.39 Å². The first kappa shape index (κ1) is 18.4. The van der Waals surface area contributed by atoms with E-state index < -0.39 is 5.82 Å². The molecule has 4 nitrogen and oxygen atoms in total. The lowest BCUT2D eigenvalue weighted by atomic mass is 10.1. The maximum Gasteiger partial charge on any atom is 0.254 e. The number of halogens is 1. The molecule has 2 amide bonds. The number of hydrogen-bond acceptors (Lipinski definition) is 2. The largest absolute Gasteiger partial charge is 0.343 e. The molecule has 1 atom stereocenters. The number of nitrogens with zero attached hydrogens (tertiary/aromatic N) is 2. The first-order valence-electron chi connectivity index (χ1n) is 8.87. The molecule has 0 N–H and O–H groups in total. The van der Waals surface area contributed by atoms with E-state index >= 15 is 0 Å². The van der Waals surface area contributed by atoms with Crippen LogP contribution >= 0.6 is 0 Å². The number of amides is 2. The van der Waals surface area contributed by atoms with Crippen LogP contribution in [0.1, 0.15) is 56.3 Å². The van der Waals surface area contributed by atoms with E-state index in [9.17, 15) is 14.0 Å². The van der Waals surface area contributed by atoms with Gasteiger partial charge in [0.2, 0.25) is 5.91 Å². The first-order chi connectivity index (χ1) is 11.5. The fourth-order valence-electron chi connectivity index (χ4n) is 3.05. The van der Waals surface area contributed by atoms with Crippen LogP contribution in [-0.2, 0) is 4.79 Å². The van der Waals surface area contributed by atoms with Crippen molar-refractivity contribution < 1.29 is 14.0 Å². The van der Waals surface area contributed by atoms with Crippen molar-refractivity contribution >= 4 is 11.8 Å². The number of piperidine rings is 1. The Bertz CT molecular complexity index is 570. The van der Waals surface area contributed by atoms with E-state index in [1.54, 1.807) is 11.0 Å². The molecule has 1 aromatic carbocycles. The van der Waals surface area contributed by atoms with E-state index in [4.69, 9.17) is 0 Å². The van der Waals surface area contributed by atoms with Gasteiger partial charge in [0, 0.05) is 37.7 Å². The predicted octanol–water partition coefficient (Wildman–Crippen LogP) is 3.47. The maximum atomic E-state index is 13.4. The molecule has 2 rings (SSSR count). The molecule has 1 aromatic rings. The molecule has 0 aromatic heterocycles. The molecule has 1 saturated heterocycles. The number of likely N-dealkylation sites (tertiary alicyclic amines) is 1. The molecule has 0 radical (unpaired) electrons. The van der Waals surface area contributed by atoms with E-state index in [1.807, 2.05) is 18.7 Å². The molecule has 0 saturated carbocycles. The second-order valence-corrected chi connectivity index (χ2v) is 6.46. The lowest BCUT2D eigenvalue weighted by Crippen LogP contribution is -2.42. The van der Waals surface area contributed by atoms with Crippen LogP contribution in [0.2, 0.25) is 0 Å². The summed E-state index contributed by atoms with van der Waals surface area (Å²) in [5.41, 5.74) is 0.334. The summed E-state index contributed by atoms with van der Waals surface area (Å²) >= 11 is 0. The van der Waals surface area contributed by atoms with Crippen LogP contribution in [0.5, 0.6) is 0 Å². The Morgan fingerprint density at radius 1 is 1.25 bits per heavy atom. The normalized spacial score (nSPS) is 15.9. The topological polar surface area (TPSA) is 40.6 Å². The monoisotopic (exact) mass is 334 g/mol. The molecule has 1 heterocycles. The van der Waals surface area contributed by atoms with Gasteiger partial charge >= 0.3 is 0 Å². The molecule has 5 heteroatoms. The minimum atomic E-state index is -0.422. The van der Waals surface area contributed by atoms with Gasteiger partial charge in [0.05, 0.1) is 0 Å². The summed E-state index contributed by atoms with van der Waals surface area (Å²) < 4.78 is 13.4. The highest BCUT2D eigenvalue weighted by atomic mass is 19.1. The Labute approximate surface area is 143 Å². The Kier molecular flexibility index (Phi) is 6.76. The van der Waals surface area contributed by atoms with Crippen LogP contribution < -0.4 is 0 Å². The molecule has 0 spiro atoms. The lowest BCUT2D eigenvalue weighted by molar-refractivity contribution is -0.132. The zero-order chi connectivity index (χ0) is 17.5. The summed E-state index contributed by atoms with van der Waals surface area (Å²) in [5.74, 6) is -0.528. The Morgan fingerprint density at radius 3 is 2.58 bits per heavy atom. The van der Waals surface area contributed by atoms with Gasteiger partial charge in [-0.25, -0.2) is 4.39 Å². The fourth-order valence-corrected chi connectivity index (χ4v) is 3.05. The first-order valence-corrected chi connectivity index (χ1v) is 8.87. The van der Waals surface area contributed by atoms with E-state index in [1.165, 1.54) is 24.6 Å². The van der Waals surface area contributed by atoms with Crippen LogP contribution in [0, 0.1) is 5.82 Å². The van der Waals surface area contributed by atoms with Gasteiger partial charge in [-0.3, -0.25) is 9.59 Å². The highest BCUT2D eigenvalue weighted by Crippen LogP contribution is 2.15. The minimum Gasteiger partial charge on any atom is -0.343 e. The average Bonchev–Trinajstić information content (AvgIpc) is 2.61. The smallest absolute Gasteiger partial charge is 0.254 e. The molecule has 132 valence electrons. The summed E-state index contributed by atoms with van der Waals surface area (Å²) in [7, 11) is 0. The predicted molar refractivity (Wildman–Crippen MR) is 92.2 cm³/mol. The standard InChI is InChI=1S/C19H27FN2O2/c1-3-15(2)22(19(24)16-8-7-9-17(20)14-16)13-10-18(23)21-11-5-4-6-12-21/h7-9,14-15H,3-6,10-13H2,1-2H3. The Hall–Kier alpha value is -1.91. The third kappa shape index (κ3) is 4.79. The van der Waals surface area contributed by atoms with Gasteiger partial charge < -0.3 is 9.80 Å².